The van der Waals surface area contributed by atoms with Crippen LogP contribution in [0.3, 0.4) is 0 Å². The number of aromatic nitrogens is 2. The fraction of sp³-hybridized carbons (Fsp3) is 0.125. The van der Waals surface area contributed by atoms with Crippen LogP contribution in [0.5, 0.6) is 0 Å². The topological polar surface area (TPSA) is 51.8 Å². The second-order valence-corrected chi connectivity index (χ2v) is 5.95. The van der Waals surface area contributed by atoms with E-state index in [4.69, 9.17) is 5.73 Å². The molecule has 0 spiro atoms. The van der Waals surface area contributed by atoms with E-state index in [1.807, 2.05) is 19.1 Å². The summed E-state index contributed by atoms with van der Waals surface area (Å²) >= 11 is 1.68. The van der Waals surface area contributed by atoms with Crippen molar-refractivity contribution in [3.63, 3.8) is 0 Å². The van der Waals surface area contributed by atoms with Crippen LogP contribution in [0.4, 0.5) is 5.82 Å². The van der Waals surface area contributed by atoms with E-state index in [1.54, 1.807) is 17.5 Å². The highest BCUT2D eigenvalue weighted by Crippen LogP contribution is 2.37. The summed E-state index contributed by atoms with van der Waals surface area (Å²) in [4.78, 5) is 9.88. The van der Waals surface area contributed by atoms with Gasteiger partial charge in [-0.25, -0.2) is 9.97 Å². The SMILES string of the molecule is Br.Cc1cccc(-c2nc(C)sc2-c2ccnc(N)c2)c1. The van der Waals surface area contributed by atoms with Gasteiger partial charge in [-0.2, -0.15) is 0 Å². The number of nitrogen functional groups attached to an aromatic ring is 1. The summed E-state index contributed by atoms with van der Waals surface area (Å²) in [6, 6.07) is 12.3. The van der Waals surface area contributed by atoms with E-state index >= 15 is 0 Å². The first-order chi connectivity index (χ1) is 9.63. The predicted molar refractivity (Wildman–Crippen MR) is 95.0 cm³/mol. The molecule has 0 atom stereocenters. The molecule has 0 aliphatic carbocycles. The van der Waals surface area contributed by atoms with Crippen molar-refractivity contribution in [2.24, 2.45) is 0 Å². The van der Waals surface area contributed by atoms with Crippen molar-refractivity contribution in [2.45, 2.75) is 13.8 Å². The lowest BCUT2D eigenvalue weighted by Crippen LogP contribution is -1.89. The van der Waals surface area contributed by atoms with E-state index in [-0.39, 0.29) is 17.0 Å². The number of hydrogen-bond acceptors (Lipinski definition) is 4. The molecule has 5 heteroatoms. The molecule has 0 bridgehead atoms. The van der Waals surface area contributed by atoms with E-state index in [9.17, 15) is 0 Å². The predicted octanol–water partition coefficient (Wildman–Crippen LogP) is 4.65. The molecule has 3 rings (SSSR count). The van der Waals surface area contributed by atoms with E-state index in [0.717, 1.165) is 26.7 Å². The average Bonchev–Trinajstić information content (AvgIpc) is 2.81. The number of pyridine rings is 1. The Bertz CT molecular complexity index is 705. The smallest absolute Gasteiger partial charge is 0.123 e. The maximum atomic E-state index is 5.79. The van der Waals surface area contributed by atoms with Gasteiger partial charge in [-0.05, 0) is 37.6 Å². The minimum Gasteiger partial charge on any atom is -0.384 e. The highest BCUT2D eigenvalue weighted by Gasteiger charge is 2.13. The van der Waals surface area contributed by atoms with Crippen molar-refractivity contribution < 1.29 is 0 Å². The van der Waals surface area contributed by atoms with E-state index in [1.165, 1.54) is 5.56 Å². The third-order valence-corrected chi connectivity index (χ3v) is 4.09. The summed E-state index contributed by atoms with van der Waals surface area (Å²) in [6.45, 7) is 4.12. The number of nitrogens with zero attached hydrogens (tertiary/aromatic N) is 2. The fourth-order valence-electron chi connectivity index (χ4n) is 2.20. The molecule has 0 saturated heterocycles. The molecule has 0 amide bonds. The molecule has 3 aromatic rings. The summed E-state index contributed by atoms with van der Waals surface area (Å²) < 4.78 is 0. The molecule has 2 N–H and O–H groups in total. The molecule has 0 aliphatic heterocycles. The molecule has 3 nitrogen and oxygen atoms in total. The minimum atomic E-state index is 0. The van der Waals surface area contributed by atoms with Crippen LogP contribution in [0.25, 0.3) is 21.7 Å². The molecule has 0 aliphatic rings. The maximum absolute atomic E-state index is 5.79. The Morgan fingerprint density at radius 1 is 1.05 bits per heavy atom. The van der Waals surface area contributed by atoms with Gasteiger partial charge in [0, 0.05) is 11.8 Å². The van der Waals surface area contributed by atoms with Gasteiger partial charge < -0.3 is 5.73 Å². The van der Waals surface area contributed by atoms with Crippen molar-refractivity contribution in [3.05, 3.63) is 53.2 Å². The first-order valence-electron chi connectivity index (χ1n) is 6.40. The van der Waals surface area contributed by atoms with Crippen LogP contribution in [0, 0.1) is 13.8 Å². The van der Waals surface area contributed by atoms with Gasteiger partial charge in [0.1, 0.15) is 5.82 Å². The van der Waals surface area contributed by atoms with Gasteiger partial charge in [0.25, 0.3) is 0 Å². The number of benzene rings is 1. The van der Waals surface area contributed by atoms with Gasteiger partial charge >= 0.3 is 0 Å². The molecular weight excluding hydrogens is 346 g/mol. The zero-order valence-corrected chi connectivity index (χ0v) is 14.4. The van der Waals surface area contributed by atoms with Crippen molar-refractivity contribution in [1.29, 1.82) is 0 Å². The fourth-order valence-corrected chi connectivity index (χ4v) is 3.14. The quantitative estimate of drug-likeness (QED) is 0.722. The van der Waals surface area contributed by atoms with Gasteiger partial charge in [-0.1, -0.05) is 23.8 Å². The third kappa shape index (κ3) is 3.31. The van der Waals surface area contributed by atoms with E-state index in [0.29, 0.717) is 5.82 Å². The first kappa shape index (κ1) is 15.7. The van der Waals surface area contributed by atoms with Gasteiger partial charge in [0.05, 0.1) is 15.6 Å². The Morgan fingerprint density at radius 3 is 2.57 bits per heavy atom. The van der Waals surface area contributed by atoms with Crippen LogP contribution >= 0.6 is 28.3 Å². The number of anilines is 1. The summed E-state index contributed by atoms with van der Waals surface area (Å²) in [5.74, 6) is 0.531. The highest BCUT2D eigenvalue weighted by atomic mass is 79.9. The second kappa shape index (κ2) is 6.37. The minimum absolute atomic E-state index is 0. The Hall–Kier alpha value is -1.72. The Labute approximate surface area is 138 Å². The lowest BCUT2D eigenvalue weighted by Gasteiger charge is -2.04. The molecule has 0 fully saturated rings. The zero-order valence-electron chi connectivity index (χ0n) is 11.8. The molecule has 1 aromatic carbocycles. The molecule has 0 saturated carbocycles. The second-order valence-electron chi connectivity index (χ2n) is 4.75. The summed E-state index contributed by atoms with van der Waals surface area (Å²) in [5.41, 5.74) is 10.2. The standard InChI is InChI=1S/C16H15N3S.BrH/c1-10-4-3-5-12(8-10)15-16(20-11(2)19-15)13-6-7-18-14(17)9-13;/h3-9H,1-2H3,(H2,17,18);1H. The summed E-state index contributed by atoms with van der Waals surface area (Å²) in [6.07, 6.45) is 1.74. The molecule has 2 heterocycles. The van der Waals surface area contributed by atoms with Crippen LogP contribution < -0.4 is 5.73 Å². The van der Waals surface area contributed by atoms with Gasteiger partial charge in [-0.3, -0.25) is 0 Å². The van der Waals surface area contributed by atoms with Crippen molar-refractivity contribution >= 4 is 34.1 Å². The number of aryl methyl sites for hydroxylation is 2. The Morgan fingerprint density at radius 2 is 1.86 bits per heavy atom. The van der Waals surface area contributed by atoms with Crippen molar-refractivity contribution in [2.75, 3.05) is 5.73 Å². The first-order valence-corrected chi connectivity index (χ1v) is 7.21. The van der Waals surface area contributed by atoms with Gasteiger partial charge in [-0.15, -0.1) is 28.3 Å². The monoisotopic (exact) mass is 361 g/mol. The number of halogens is 1. The summed E-state index contributed by atoms with van der Waals surface area (Å²) in [5, 5.41) is 1.05. The lowest BCUT2D eigenvalue weighted by atomic mass is 10.1. The average molecular weight is 362 g/mol. The molecule has 0 radical (unpaired) electrons. The lowest BCUT2D eigenvalue weighted by molar-refractivity contribution is 1.29. The van der Waals surface area contributed by atoms with Gasteiger partial charge in [0.15, 0.2) is 0 Å². The molecule has 0 unspecified atom stereocenters. The van der Waals surface area contributed by atoms with Crippen LogP contribution in [-0.4, -0.2) is 9.97 Å². The van der Waals surface area contributed by atoms with Crippen LogP contribution in [0.2, 0.25) is 0 Å². The number of hydrogen-bond donors (Lipinski definition) is 1. The molecular formula is C16H16BrN3S. The number of rotatable bonds is 2. The van der Waals surface area contributed by atoms with Crippen LogP contribution in [0.15, 0.2) is 42.6 Å². The highest BCUT2D eigenvalue weighted by molar-refractivity contribution is 8.93. The Kier molecular flexibility index (Phi) is 4.75. The van der Waals surface area contributed by atoms with E-state index < -0.39 is 0 Å². The number of thiazole rings is 1. The number of nitrogens with two attached hydrogens (primary N) is 1. The van der Waals surface area contributed by atoms with Crippen LogP contribution in [-0.2, 0) is 0 Å². The summed E-state index contributed by atoms with van der Waals surface area (Å²) in [7, 11) is 0. The van der Waals surface area contributed by atoms with Crippen molar-refractivity contribution in [3.8, 4) is 21.7 Å². The maximum Gasteiger partial charge on any atom is 0.123 e. The van der Waals surface area contributed by atoms with Gasteiger partial charge in [0.2, 0.25) is 0 Å². The Balaban J connectivity index is 0.00000161. The normalized spacial score (nSPS) is 10.2. The van der Waals surface area contributed by atoms with Crippen molar-refractivity contribution in [1.82, 2.24) is 9.97 Å². The van der Waals surface area contributed by atoms with E-state index in [2.05, 4.69) is 41.2 Å². The third-order valence-electron chi connectivity index (χ3n) is 3.07. The molecule has 21 heavy (non-hydrogen) atoms. The molecule has 2 aromatic heterocycles. The zero-order chi connectivity index (χ0) is 14.1. The molecule has 108 valence electrons. The van der Waals surface area contributed by atoms with Crippen LogP contribution in [0.1, 0.15) is 10.6 Å². The largest absolute Gasteiger partial charge is 0.384 e.